The summed E-state index contributed by atoms with van der Waals surface area (Å²) in [6.07, 6.45) is 1.34. The fourth-order valence-electron chi connectivity index (χ4n) is 2.65. The summed E-state index contributed by atoms with van der Waals surface area (Å²) in [4.78, 5) is 2.49. The summed E-state index contributed by atoms with van der Waals surface area (Å²) in [5.74, 6) is 0.936. The Kier molecular flexibility index (Phi) is 2.58. The van der Waals surface area contributed by atoms with E-state index in [0.717, 1.165) is 19.6 Å². The molecule has 16 heavy (non-hydrogen) atoms. The monoisotopic (exact) mass is 218 g/mol. The van der Waals surface area contributed by atoms with Gasteiger partial charge >= 0.3 is 0 Å². The smallest absolute Gasteiger partial charge is 0.115 e. The average Bonchev–Trinajstić information content (AvgIpc) is 2.23. The lowest BCUT2D eigenvalue weighted by atomic mass is 9.89. The lowest BCUT2D eigenvalue weighted by Gasteiger charge is -2.36. The topological polar surface area (TPSA) is 35.5 Å². The minimum Gasteiger partial charge on any atom is -0.508 e. The molecule has 3 heteroatoms. The molecular weight excluding hydrogens is 200 g/mol. The summed E-state index contributed by atoms with van der Waals surface area (Å²) in [5.41, 5.74) is 2.68. The van der Waals surface area contributed by atoms with E-state index >= 15 is 0 Å². The predicted molar refractivity (Wildman–Crippen MR) is 63.6 cm³/mol. The van der Waals surface area contributed by atoms with Gasteiger partial charge in [-0.1, -0.05) is 6.07 Å². The van der Waals surface area contributed by atoms with Gasteiger partial charge in [-0.25, -0.2) is 0 Å². The van der Waals surface area contributed by atoms with Crippen LogP contribution < -0.4 is 5.32 Å². The second-order valence-electron chi connectivity index (χ2n) is 4.87. The molecule has 0 aliphatic carbocycles. The van der Waals surface area contributed by atoms with Gasteiger partial charge in [0, 0.05) is 25.6 Å². The van der Waals surface area contributed by atoms with Crippen molar-refractivity contribution >= 4 is 0 Å². The fraction of sp³-hybridized carbons (Fsp3) is 0.538. The molecule has 1 saturated heterocycles. The van der Waals surface area contributed by atoms with Crippen LogP contribution in [0.25, 0.3) is 0 Å². The van der Waals surface area contributed by atoms with Crippen molar-refractivity contribution in [1.29, 1.82) is 0 Å². The van der Waals surface area contributed by atoms with Crippen LogP contribution in [0.2, 0.25) is 0 Å². The molecule has 3 nitrogen and oxygen atoms in total. The molecule has 0 radical (unpaired) electrons. The highest BCUT2D eigenvalue weighted by Crippen LogP contribution is 2.29. The van der Waals surface area contributed by atoms with Gasteiger partial charge in [-0.2, -0.15) is 0 Å². The molecule has 2 aliphatic rings. The fourth-order valence-corrected chi connectivity index (χ4v) is 2.65. The first kappa shape index (κ1) is 10.1. The van der Waals surface area contributed by atoms with Crippen LogP contribution in [0.15, 0.2) is 18.2 Å². The Morgan fingerprint density at radius 2 is 2.25 bits per heavy atom. The first-order valence-corrected chi connectivity index (χ1v) is 6.08. The summed E-state index contributed by atoms with van der Waals surface area (Å²) < 4.78 is 0. The van der Waals surface area contributed by atoms with Crippen molar-refractivity contribution in [2.45, 2.75) is 18.9 Å². The first-order chi connectivity index (χ1) is 7.83. The summed E-state index contributed by atoms with van der Waals surface area (Å²) in [6, 6.07) is 5.77. The molecule has 2 N–H and O–H groups in total. The van der Waals surface area contributed by atoms with Crippen LogP contribution >= 0.6 is 0 Å². The van der Waals surface area contributed by atoms with E-state index in [4.69, 9.17) is 0 Å². The number of phenols is 1. The van der Waals surface area contributed by atoms with E-state index in [-0.39, 0.29) is 0 Å². The average molecular weight is 218 g/mol. The quantitative estimate of drug-likeness (QED) is 0.785. The highest BCUT2D eigenvalue weighted by atomic mass is 16.3. The van der Waals surface area contributed by atoms with E-state index in [0.29, 0.717) is 11.7 Å². The van der Waals surface area contributed by atoms with Crippen molar-refractivity contribution in [2.24, 2.45) is 0 Å². The molecule has 0 spiro atoms. The van der Waals surface area contributed by atoms with Crippen LogP contribution in [0.4, 0.5) is 0 Å². The van der Waals surface area contributed by atoms with Crippen LogP contribution in [-0.2, 0) is 6.54 Å². The molecule has 0 amide bonds. The molecule has 1 aromatic carbocycles. The van der Waals surface area contributed by atoms with Crippen molar-refractivity contribution < 1.29 is 5.11 Å². The maximum atomic E-state index is 9.58. The van der Waals surface area contributed by atoms with Gasteiger partial charge in [0.15, 0.2) is 0 Å². The molecule has 0 bridgehead atoms. The maximum Gasteiger partial charge on any atom is 0.115 e. The Bertz CT molecular complexity index is 388. The third-order valence-electron chi connectivity index (χ3n) is 3.70. The molecule has 1 aromatic rings. The zero-order valence-electron chi connectivity index (χ0n) is 9.45. The third kappa shape index (κ3) is 1.81. The van der Waals surface area contributed by atoms with Crippen LogP contribution in [0.1, 0.15) is 23.5 Å². The number of nitrogens with one attached hydrogen (secondary N) is 1. The third-order valence-corrected chi connectivity index (χ3v) is 3.70. The van der Waals surface area contributed by atoms with Gasteiger partial charge in [0.1, 0.15) is 5.75 Å². The number of aromatic hydroxyl groups is 1. The summed E-state index contributed by atoms with van der Waals surface area (Å²) in [5, 5.41) is 13.0. The van der Waals surface area contributed by atoms with Crippen LogP contribution in [0, 0.1) is 0 Å². The molecule has 2 aliphatic heterocycles. The molecule has 0 aromatic heterocycles. The lowest BCUT2D eigenvalue weighted by Crippen LogP contribution is -2.43. The number of likely N-dealkylation sites (tertiary alicyclic amines) is 1. The van der Waals surface area contributed by atoms with E-state index in [1.54, 1.807) is 6.07 Å². The molecular formula is C13H18N2O. The molecule has 1 unspecified atom stereocenters. The van der Waals surface area contributed by atoms with Gasteiger partial charge in [-0.15, -0.1) is 0 Å². The second kappa shape index (κ2) is 4.07. The van der Waals surface area contributed by atoms with Gasteiger partial charge in [-0.3, -0.25) is 0 Å². The summed E-state index contributed by atoms with van der Waals surface area (Å²) in [6.45, 7) is 5.58. The number of phenolic OH excluding ortho intramolecular Hbond substituents is 1. The first-order valence-electron chi connectivity index (χ1n) is 6.08. The number of hydrogen-bond donors (Lipinski definition) is 2. The number of rotatable bonds is 2. The minimum absolute atomic E-state index is 0.397. The Balaban J connectivity index is 1.83. The largest absolute Gasteiger partial charge is 0.508 e. The van der Waals surface area contributed by atoms with E-state index in [9.17, 15) is 5.11 Å². The van der Waals surface area contributed by atoms with Gasteiger partial charge in [0.25, 0.3) is 0 Å². The van der Waals surface area contributed by atoms with Gasteiger partial charge in [0.2, 0.25) is 0 Å². The number of benzene rings is 1. The SMILES string of the molecule is Oc1ccc2c(c1)C(CN1CCC1)CNC2. The highest BCUT2D eigenvalue weighted by Gasteiger charge is 2.24. The highest BCUT2D eigenvalue weighted by molar-refractivity contribution is 5.39. The number of fused-ring (bicyclic) bond motifs is 1. The molecule has 1 atom stereocenters. The van der Waals surface area contributed by atoms with E-state index < -0.39 is 0 Å². The molecule has 3 rings (SSSR count). The molecule has 86 valence electrons. The number of hydrogen-bond acceptors (Lipinski definition) is 3. The predicted octanol–water partition coefficient (Wildman–Crippen LogP) is 1.28. The summed E-state index contributed by atoms with van der Waals surface area (Å²) in [7, 11) is 0. The minimum atomic E-state index is 0.397. The Morgan fingerprint density at radius 1 is 1.38 bits per heavy atom. The number of nitrogens with zero attached hydrogens (tertiary/aromatic N) is 1. The zero-order chi connectivity index (χ0) is 11.0. The standard InChI is InChI=1S/C13H18N2O/c16-12-3-2-10-7-14-8-11(13(10)6-12)9-15-4-1-5-15/h2-3,6,11,14,16H,1,4-5,7-9H2. The van der Waals surface area contributed by atoms with Crippen molar-refractivity contribution in [1.82, 2.24) is 10.2 Å². The molecule has 0 saturated carbocycles. The Morgan fingerprint density at radius 3 is 3.00 bits per heavy atom. The molecule has 1 fully saturated rings. The summed E-state index contributed by atoms with van der Waals surface area (Å²) >= 11 is 0. The van der Waals surface area contributed by atoms with E-state index in [1.807, 2.05) is 12.1 Å². The van der Waals surface area contributed by atoms with Gasteiger partial charge in [-0.05, 0) is 42.8 Å². The van der Waals surface area contributed by atoms with E-state index in [2.05, 4.69) is 10.2 Å². The van der Waals surface area contributed by atoms with Crippen LogP contribution in [-0.4, -0.2) is 36.2 Å². The van der Waals surface area contributed by atoms with Crippen LogP contribution in [0.3, 0.4) is 0 Å². The second-order valence-corrected chi connectivity index (χ2v) is 4.87. The normalized spacial score (nSPS) is 24.9. The van der Waals surface area contributed by atoms with Crippen molar-refractivity contribution in [3.8, 4) is 5.75 Å². The lowest BCUT2D eigenvalue weighted by molar-refractivity contribution is 0.166. The van der Waals surface area contributed by atoms with E-state index in [1.165, 1.54) is 30.6 Å². The van der Waals surface area contributed by atoms with Crippen molar-refractivity contribution in [2.75, 3.05) is 26.2 Å². The zero-order valence-corrected chi connectivity index (χ0v) is 9.45. The van der Waals surface area contributed by atoms with Crippen LogP contribution in [0.5, 0.6) is 5.75 Å². The van der Waals surface area contributed by atoms with Crippen molar-refractivity contribution in [3.63, 3.8) is 0 Å². The van der Waals surface area contributed by atoms with Gasteiger partial charge in [0.05, 0.1) is 0 Å². The van der Waals surface area contributed by atoms with Crippen molar-refractivity contribution in [3.05, 3.63) is 29.3 Å². The Hall–Kier alpha value is -1.06. The maximum absolute atomic E-state index is 9.58. The molecule has 2 heterocycles. The Labute approximate surface area is 96.1 Å². The van der Waals surface area contributed by atoms with Gasteiger partial charge < -0.3 is 15.3 Å².